The number of rotatable bonds is 6. The molecule has 0 heterocycles. The highest BCUT2D eigenvalue weighted by molar-refractivity contribution is 6.32. The first-order valence-corrected chi connectivity index (χ1v) is 8.05. The van der Waals surface area contributed by atoms with Gasteiger partial charge in [0.15, 0.2) is 11.5 Å². The van der Waals surface area contributed by atoms with E-state index < -0.39 is 0 Å². The standard InChI is InChI=1S/C19H24ClNO2/c1-12-5-6-16(13(2)7-12)15(11-21)8-14-9-17(20)19(23-4)18(10-14)22-3/h5-7,9-10,15H,8,11,21H2,1-4H3. The molecule has 0 bridgehead atoms. The molecule has 3 nitrogen and oxygen atoms in total. The minimum Gasteiger partial charge on any atom is -0.493 e. The Morgan fingerprint density at radius 2 is 1.83 bits per heavy atom. The predicted octanol–water partition coefficient (Wildman–Crippen LogP) is 4.26. The maximum absolute atomic E-state index is 6.30. The number of ether oxygens (including phenoxy) is 2. The Bertz CT molecular complexity index is 685. The lowest BCUT2D eigenvalue weighted by atomic mass is 9.88. The van der Waals surface area contributed by atoms with E-state index in [-0.39, 0.29) is 5.92 Å². The zero-order chi connectivity index (χ0) is 17.0. The Kier molecular flexibility index (Phi) is 5.91. The van der Waals surface area contributed by atoms with Crippen LogP contribution in [-0.2, 0) is 6.42 Å². The normalized spacial score (nSPS) is 12.1. The van der Waals surface area contributed by atoms with E-state index >= 15 is 0 Å². The first-order chi connectivity index (χ1) is 11.0. The molecule has 1 atom stereocenters. The monoisotopic (exact) mass is 333 g/mol. The van der Waals surface area contributed by atoms with Crippen molar-refractivity contribution >= 4 is 11.6 Å². The summed E-state index contributed by atoms with van der Waals surface area (Å²) >= 11 is 6.30. The van der Waals surface area contributed by atoms with E-state index in [0.717, 1.165) is 12.0 Å². The minimum atomic E-state index is 0.241. The molecular weight excluding hydrogens is 310 g/mol. The summed E-state index contributed by atoms with van der Waals surface area (Å²) in [5.41, 5.74) is 10.9. The molecule has 23 heavy (non-hydrogen) atoms. The van der Waals surface area contributed by atoms with E-state index in [2.05, 4.69) is 32.0 Å². The van der Waals surface area contributed by atoms with Gasteiger partial charge in [-0.25, -0.2) is 0 Å². The van der Waals surface area contributed by atoms with Crippen LogP contribution >= 0.6 is 11.6 Å². The van der Waals surface area contributed by atoms with Gasteiger partial charge in [0.1, 0.15) is 0 Å². The summed E-state index contributed by atoms with van der Waals surface area (Å²) in [7, 11) is 3.20. The highest BCUT2D eigenvalue weighted by Crippen LogP contribution is 2.37. The lowest BCUT2D eigenvalue weighted by Crippen LogP contribution is -2.16. The number of halogens is 1. The molecule has 2 aromatic rings. The van der Waals surface area contributed by atoms with Gasteiger partial charge in [0.05, 0.1) is 19.2 Å². The van der Waals surface area contributed by atoms with Crippen molar-refractivity contribution < 1.29 is 9.47 Å². The first kappa shape index (κ1) is 17.6. The van der Waals surface area contributed by atoms with Gasteiger partial charge in [0.25, 0.3) is 0 Å². The average Bonchev–Trinajstić information content (AvgIpc) is 2.52. The fraction of sp³-hybridized carbons (Fsp3) is 0.368. The van der Waals surface area contributed by atoms with Crippen molar-refractivity contribution in [3.8, 4) is 11.5 Å². The molecule has 2 N–H and O–H groups in total. The van der Waals surface area contributed by atoms with E-state index in [9.17, 15) is 0 Å². The van der Waals surface area contributed by atoms with Crippen LogP contribution in [0.4, 0.5) is 0 Å². The number of nitrogens with two attached hydrogens (primary N) is 1. The van der Waals surface area contributed by atoms with Gasteiger partial charge in [0, 0.05) is 5.92 Å². The van der Waals surface area contributed by atoms with E-state index in [0.29, 0.717) is 23.1 Å². The molecule has 2 aromatic carbocycles. The molecule has 0 aliphatic carbocycles. The van der Waals surface area contributed by atoms with Crippen LogP contribution in [0, 0.1) is 13.8 Å². The SMILES string of the molecule is COc1cc(CC(CN)c2ccc(C)cc2C)cc(Cl)c1OC. The second kappa shape index (κ2) is 7.71. The lowest BCUT2D eigenvalue weighted by molar-refractivity contribution is 0.354. The molecule has 0 saturated carbocycles. The van der Waals surface area contributed by atoms with Crippen molar-refractivity contribution in [3.63, 3.8) is 0 Å². The maximum Gasteiger partial charge on any atom is 0.179 e. The Morgan fingerprint density at radius 1 is 1.09 bits per heavy atom. The Morgan fingerprint density at radius 3 is 2.39 bits per heavy atom. The number of hydrogen-bond donors (Lipinski definition) is 1. The summed E-state index contributed by atoms with van der Waals surface area (Å²) in [5.74, 6) is 1.45. The van der Waals surface area contributed by atoms with Gasteiger partial charge in [-0.2, -0.15) is 0 Å². The van der Waals surface area contributed by atoms with Gasteiger partial charge in [-0.15, -0.1) is 0 Å². The fourth-order valence-electron chi connectivity index (χ4n) is 2.98. The topological polar surface area (TPSA) is 44.5 Å². The van der Waals surface area contributed by atoms with Crippen molar-refractivity contribution in [3.05, 3.63) is 57.6 Å². The van der Waals surface area contributed by atoms with Gasteiger partial charge in [0.2, 0.25) is 0 Å². The van der Waals surface area contributed by atoms with Crippen LogP contribution in [0.1, 0.15) is 28.2 Å². The number of aryl methyl sites for hydroxylation is 2. The molecule has 0 aliphatic heterocycles. The molecule has 0 saturated heterocycles. The smallest absolute Gasteiger partial charge is 0.179 e. The Balaban J connectivity index is 2.33. The molecule has 0 fully saturated rings. The molecule has 124 valence electrons. The quantitative estimate of drug-likeness (QED) is 0.859. The summed E-state index contributed by atoms with van der Waals surface area (Å²) in [6.45, 7) is 4.81. The van der Waals surface area contributed by atoms with E-state index in [4.69, 9.17) is 26.8 Å². The molecular formula is C19H24ClNO2. The molecule has 0 aromatic heterocycles. The first-order valence-electron chi connectivity index (χ1n) is 7.67. The largest absolute Gasteiger partial charge is 0.493 e. The third-order valence-electron chi connectivity index (χ3n) is 4.13. The molecule has 4 heteroatoms. The van der Waals surface area contributed by atoms with Crippen LogP contribution in [0.25, 0.3) is 0 Å². The summed E-state index contributed by atoms with van der Waals surface area (Å²) in [4.78, 5) is 0. The number of methoxy groups -OCH3 is 2. The molecule has 1 unspecified atom stereocenters. The van der Waals surface area contributed by atoms with E-state index in [1.807, 2.05) is 12.1 Å². The van der Waals surface area contributed by atoms with Gasteiger partial charge >= 0.3 is 0 Å². The van der Waals surface area contributed by atoms with Crippen molar-refractivity contribution in [2.24, 2.45) is 5.73 Å². The van der Waals surface area contributed by atoms with Gasteiger partial charge < -0.3 is 15.2 Å². The third-order valence-corrected chi connectivity index (χ3v) is 4.41. The average molecular weight is 334 g/mol. The van der Waals surface area contributed by atoms with Gasteiger partial charge in [-0.3, -0.25) is 0 Å². The summed E-state index contributed by atoms with van der Waals surface area (Å²) in [6.07, 6.45) is 0.806. The van der Waals surface area contributed by atoms with Crippen LogP contribution in [0.2, 0.25) is 5.02 Å². The highest BCUT2D eigenvalue weighted by atomic mass is 35.5. The third kappa shape index (κ3) is 3.98. The molecule has 2 rings (SSSR count). The zero-order valence-corrected chi connectivity index (χ0v) is 14.9. The van der Waals surface area contributed by atoms with Crippen molar-refractivity contribution in [2.75, 3.05) is 20.8 Å². The second-order valence-corrected chi connectivity index (χ2v) is 6.22. The van der Waals surface area contributed by atoms with Gasteiger partial charge in [-0.05, 0) is 55.6 Å². The fourth-order valence-corrected chi connectivity index (χ4v) is 3.29. The van der Waals surface area contributed by atoms with Crippen LogP contribution in [-0.4, -0.2) is 20.8 Å². The van der Waals surface area contributed by atoms with Crippen molar-refractivity contribution in [2.45, 2.75) is 26.2 Å². The van der Waals surface area contributed by atoms with Gasteiger partial charge in [-0.1, -0.05) is 35.4 Å². The van der Waals surface area contributed by atoms with E-state index in [1.165, 1.54) is 16.7 Å². The number of hydrogen-bond acceptors (Lipinski definition) is 3. The van der Waals surface area contributed by atoms with Crippen molar-refractivity contribution in [1.29, 1.82) is 0 Å². The Hall–Kier alpha value is -1.71. The lowest BCUT2D eigenvalue weighted by Gasteiger charge is -2.19. The molecule has 0 radical (unpaired) electrons. The summed E-state index contributed by atoms with van der Waals surface area (Å²) in [5, 5.41) is 0.554. The molecule has 0 aliphatic rings. The minimum absolute atomic E-state index is 0.241. The summed E-state index contributed by atoms with van der Waals surface area (Å²) in [6, 6.07) is 10.4. The van der Waals surface area contributed by atoms with Crippen LogP contribution in [0.3, 0.4) is 0 Å². The zero-order valence-electron chi connectivity index (χ0n) is 14.2. The van der Waals surface area contributed by atoms with Crippen LogP contribution in [0.15, 0.2) is 30.3 Å². The molecule has 0 spiro atoms. The van der Waals surface area contributed by atoms with Crippen molar-refractivity contribution in [1.82, 2.24) is 0 Å². The predicted molar refractivity (Wildman–Crippen MR) is 96.0 cm³/mol. The van der Waals surface area contributed by atoms with Crippen LogP contribution < -0.4 is 15.2 Å². The van der Waals surface area contributed by atoms with E-state index in [1.54, 1.807) is 14.2 Å². The Labute approximate surface area is 143 Å². The maximum atomic E-state index is 6.30. The number of benzene rings is 2. The molecule has 0 amide bonds. The second-order valence-electron chi connectivity index (χ2n) is 5.81. The van der Waals surface area contributed by atoms with Crippen LogP contribution in [0.5, 0.6) is 11.5 Å². The highest BCUT2D eigenvalue weighted by Gasteiger charge is 2.16. The summed E-state index contributed by atoms with van der Waals surface area (Å²) < 4.78 is 10.7.